The molecule has 1 fully saturated rings. The lowest BCUT2D eigenvalue weighted by Gasteiger charge is -2.23. The summed E-state index contributed by atoms with van der Waals surface area (Å²) in [5.41, 5.74) is 0. The molecule has 0 saturated heterocycles. The minimum Gasteiger partial charge on any atom is -0.352 e. The second-order valence-corrected chi connectivity index (χ2v) is 4.38. The Labute approximate surface area is 103 Å². The summed E-state index contributed by atoms with van der Waals surface area (Å²) in [5.74, 6) is 0.0850. The standard InChI is InChI=1S/C12H24N2O3/c1-4-16-12(17-5-2)9-14(3)8-11(15)13-10-6-7-10/h10,12H,4-9H2,1-3H3,(H,13,15). The van der Waals surface area contributed by atoms with Crippen LogP contribution in [0.3, 0.4) is 0 Å². The van der Waals surface area contributed by atoms with Gasteiger partial charge in [0.1, 0.15) is 0 Å². The van der Waals surface area contributed by atoms with Crippen molar-refractivity contribution < 1.29 is 14.3 Å². The Morgan fingerprint density at radius 3 is 2.41 bits per heavy atom. The van der Waals surface area contributed by atoms with E-state index in [1.54, 1.807) is 0 Å². The lowest BCUT2D eigenvalue weighted by molar-refractivity contribution is -0.147. The fourth-order valence-corrected chi connectivity index (χ4v) is 1.59. The first kappa shape index (κ1) is 14.4. The van der Waals surface area contributed by atoms with E-state index in [1.807, 2.05) is 25.8 Å². The van der Waals surface area contributed by atoms with Gasteiger partial charge in [0.15, 0.2) is 6.29 Å². The minimum absolute atomic E-state index is 0.0850. The van der Waals surface area contributed by atoms with Crippen molar-refractivity contribution in [2.24, 2.45) is 0 Å². The van der Waals surface area contributed by atoms with Gasteiger partial charge in [-0.15, -0.1) is 0 Å². The third-order valence-electron chi connectivity index (χ3n) is 2.52. The van der Waals surface area contributed by atoms with E-state index in [-0.39, 0.29) is 12.2 Å². The molecule has 5 heteroatoms. The average molecular weight is 244 g/mol. The topological polar surface area (TPSA) is 50.8 Å². The molecule has 100 valence electrons. The molecule has 0 atom stereocenters. The number of hydrogen-bond acceptors (Lipinski definition) is 4. The zero-order valence-electron chi connectivity index (χ0n) is 11.1. The molecule has 0 aromatic carbocycles. The van der Waals surface area contributed by atoms with Gasteiger partial charge in [0.25, 0.3) is 0 Å². The summed E-state index contributed by atoms with van der Waals surface area (Å²) >= 11 is 0. The van der Waals surface area contributed by atoms with E-state index in [0.29, 0.717) is 32.3 Å². The molecule has 0 radical (unpaired) electrons. The van der Waals surface area contributed by atoms with Gasteiger partial charge in [-0.1, -0.05) is 0 Å². The molecule has 0 aromatic heterocycles. The fraction of sp³-hybridized carbons (Fsp3) is 0.917. The predicted octanol–water partition coefficient (Wildman–Crippen LogP) is 0.596. The number of carbonyl (C=O) groups excluding carboxylic acids is 1. The van der Waals surface area contributed by atoms with Crippen LogP contribution in [-0.4, -0.2) is 56.5 Å². The molecule has 1 aliphatic rings. The van der Waals surface area contributed by atoms with Gasteiger partial charge in [-0.05, 0) is 33.7 Å². The molecule has 5 nitrogen and oxygen atoms in total. The molecule has 17 heavy (non-hydrogen) atoms. The van der Waals surface area contributed by atoms with E-state index >= 15 is 0 Å². The first-order chi connectivity index (χ1) is 8.15. The van der Waals surface area contributed by atoms with E-state index in [2.05, 4.69) is 5.32 Å². The van der Waals surface area contributed by atoms with Gasteiger partial charge in [-0.25, -0.2) is 0 Å². The zero-order chi connectivity index (χ0) is 12.7. The predicted molar refractivity (Wildman–Crippen MR) is 65.7 cm³/mol. The molecule has 0 aromatic rings. The Bertz CT molecular complexity index is 226. The summed E-state index contributed by atoms with van der Waals surface area (Å²) in [6, 6.07) is 0.422. The maximum absolute atomic E-state index is 11.6. The smallest absolute Gasteiger partial charge is 0.234 e. The summed E-state index contributed by atoms with van der Waals surface area (Å²) in [5, 5.41) is 2.96. The second kappa shape index (κ2) is 7.63. The van der Waals surface area contributed by atoms with Crippen molar-refractivity contribution in [3.05, 3.63) is 0 Å². The van der Waals surface area contributed by atoms with Gasteiger partial charge in [0, 0.05) is 25.8 Å². The average Bonchev–Trinajstić information content (AvgIpc) is 3.01. The second-order valence-electron chi connectivity index (χ2n) is 4.38. The zero-order valence-corrected chi connectivity index (χ0v) is 11.1. The van der Waals surface area contributed by atoms with E-state index in [0.717, 1.165) is 12.8 Å². The Morgan fingerprint density at radius 2 is 1.94 bits per heavy atom. The van der Waals surface area contributed by atoms with Gasteiger partial charge in [-0.3, -0.25) is 9.69 Å². The van der Waals surface area contributed by atoms with Crippen LogP contribution in [0.2, 0.25) is 0 Å². The molecule has 0 unspecified atom stereocenters. The maximum atomic E-state index is 11.6. The van der Waals surface area contributed by atoms with Crippen LogP contribution < -0.4 is 5.32 Å². The van der Waals surface area contributed by atoms with Crippen LogP contribution >= 0.6 is 0 Å². The number of nitrogens with zero attached hydrogens (tertiary/aromatic N) is 1. The first-order valence-corrected chi connectivity index (χ1v) is 6.36. The Kier molecular flexibility index (Phi) is 6.47. The third kappa shape index (κ3) is 6.61. The Hall–Kier alpha value is -0.650. The largest absolute Gasteiger partial charge is 0.352 e. The van der Waals surface area contributed by atoms with Gasteiger partial charge < -0.3 is 14.8 Å². The summed E-state index contributed by atoms with van der Waals surface area (Å²) in [4.78, 5) is 13.5. The van der Waals surface area contributed by atoms with Crippen LogP contribution in [-0.2, 0) is 14.3 Å². The Balaban J connectivity index is 2.19. The van der Waals surface area contributed by atoms with E-state index in [4.69, 9.17) is 9.47 Å². The van der Waals surface area contributed by atoms with Crippen molar-refractivity contribution >= 4 is 5.91 Å². The maximum Gasteiger partial charge on any atom is 0.234 e. The van der Waals surface area contributed by atoms with E-state index in [1.165, 1.54) is 0 Å². The number of amides is 1. The van der Waals surface area contributed by atoms with Crippen LogP contribution in [0.15, 0.2) is 0 Å². The van der Waals surface area contributed by atoms with Crippen molar-refractivity contribution in [1.29, 1.82) is 0 Å². The molecule has 0 spiro atoms. The fourth-order valence-electron chi connectivity index (χ4n) is 1.59. The van der Waals surface area contributed by atoms with Crippen LogP contribution in [0.1, 0.15) is 26.7 Å². The molecule has 1 rings (SSSR count). The van der Waals surface area contributed by atoms with E-state index in [9.17, 15) is 4.79 Å². The molecular weight excluding hydrogens is 220 g/mol. The lowest BCUT2D eigenvalue weighted by atomic mass is 10.4. The van der Waals surface area contributed by atoms with Crippen LogP contribution in [0.4, 0.5) is 0 Å². The Morgan fingerprint density at radius 1 is 1.35 bits per heavy atom. The number of likely N-dealkylation sites (N-methyl/N-ethyl adjacent to an activating group) is 1. The SMILES string of the molecule is CCOC(CN(C)CC(=O)NC1CC1)OCC. The molecule has 0 aliphatic heterocycles. The number of ether oxygens (including phenoxy) is 2. The van der Waals surface area contributed by atoms with Gasteiger partial charge in [0.05, 0.1) is 6.54 Å². The highest BCUT2D eigenvalue weighted by atomic mass is 16.7. The van der Waals surface area contributed by atoms with Crippen molar-refractivity contribution in [3.63, 3.8) is 0 Å². The highest BCUT2D eigenvalue weighted by Crippen LogP contribution is 2.18. The van der Waals surface area contributed by atoms with Crippen molar-refractivity contribution in [2.45, 2.75) is 39.0 Å². The molecule has 1 saturated carbocycles. The summed E-state index contributed by atoms with van der Waals surface area (Å²) in [6.07, 6.45) is 2.00. The number of nitrogens with one attached hydrogen (secondary N) is 1. The molecule has 0 heterocycles. The number of hydrogen-bond donors (Lipinski definition) is 1. The molecule has 1 amide bonds. The summed E-state index contributed by atoms with van der Waals surface area (Å²) < 4.78 is 10.9. The van der Waals surface area contributed by atoms with Gasteiger partial charge in [-0.2, -0.15) is 0 Å². The first-order valence-electron chi connectivity index (χ1n) is 6.36. The highest BCUT2D eigenvalue weighted by molar-refractivity contribution is 5.78. The number of rotatable bonds is 9. The van der Waals surface area contributed by atoms with Crippen molar-refractivity contribution in [1.82, 2.24) is 10.2 Å². The molecule has 1 N–H and O–H groups in total. The summed E-state index contributed by atoms with van der Waals surface area (Å²) in [7, 11) is 1.90. The van der Waals surface area contributed by atoms with Crippen molar-refractivity contribution in [2.75, 3.05) is 33.4 Å². The normalized spacial score (nSPS) is 15.6. The monoisotopic (exact) mass is 244 g/mol. The lowest BCUT2D eigenvalue weighted by Crippen LogP contribution is -2.40. The molecular formula is C12H24N2O3. The number of carbonyl (C=O) groups is 1. The van der Waals surface area contributed by atoms with Crippen molar-refractivity contribution in [3.8, 4) is 0 Å². The van der Waals surface area contributed by atoms with Gasteiger partial charge >= 0.3 is 0 Å². The minimum atomic E-state index is -0.247. The van der Waals surface area contributed by atoms with Crippen LogP contribution in [0.25, 0.3) is 0 Å². The van der Waals surface area contributed by atoms with E-state index < -0.39 is 0 Å². The van der Waals surface area contributed by atoms with Gasteiger partial charge in [0.2, 0.25) is 5.91 Å². The quantitative estimate of drug-likeness (QED) is 0.603. The third-order valence-corrected chi connectivity index (χ3v) is 2.52. The van der Waals surface area contributed by atoms with Crippen LogP contribution in [0, 0.1) is 0 Å². The summed E-state index contributed by atoms with van der Waals surface area (Å²) in [6.45, 7) is 6.12. The van der Waals surface area contributed by atoms with Crippen LogP contribution in [0.5, 0.6) is 0 Å². The molecule has 0 bridgehead atoms. The highest BCUT2D eigenvalue weighted by Gasteiger charge is 2.24. The molecule has 1 aliphatic carbocycles.